The third-order valence-corrected chi connectivity index (χ3v) is 5.96. The zero-order valence-corrected chi connectivity index (χ0v) is 16.5. The maximum absolute atomic E-state index is 13.1. The molecule has 2 aliphatic rings. The van der Waals surface area contributed by atoms with Gasteiger partial charge in [-0.15, -0.1) is 0 Å². The van der Waals surface area contributed by atoms with Crippen LogP contribution in [0.1, 0.15) is 41.9 Å². The van der Waals surface area contributed by atoms with E-state index in [9.17, 15) is 9.59 Å². The third kappa shape index (κ3) is 3.59. The van der Waals surface area contributed by atoms with Gasteiger partial charge in [-0.2, -0.15) is 0 Å². The van der Waals surface area contributed by atoms with Gasteiger partial charge in [-0.3, -0.25) is 9.59 Å². The molecule has 0 amide bonds. The quantitative estimate of drug-likeness (QED) is 0.564. The van der Waals surface area contributed by atoms with E-state index in [1.54, 1.807) is 0 Å². The van der Waals surface area contributed by atoms with E-state index in [0.717, 1.165) is 53.9 Å². The molecule has 2 aromatic carbocycles. The first-order chi connectivity index (χ1) is 13.5. The van der Waals surface area contributed by atoms with Crippen molar-refractivity contribution in [2.24, 2.45) is 5.92 Å². The molecule has 0 bridgehead atoms. The average molecular weight is 374 g/mol. The fraction of sp³-hybridized carbons (Fsp3) is 0.360. The number of ketones is 2. The highest BCUT2D eigenvalue weighted by Crippen LogP contribution is 2.38. The summed E-state index contributed by atoms with van der Waals surface area (Å²) in [4.78, 5) is 25.9. The van der Waals surface area contributed by atoms with Crippen LogP contribution >= 0.6 is 0 Å². The largest absolute Gasteiger partial charge is 0.381 e. The van der Waals surface area contributed by atoms with Crippen LogP contribution in [0.5, 0.6) is 0 Å². The van der Waals surface area contributed by atoms with E-state index in [0.29, 0.717) is 11.5 Å². The molecule has 0 N–H and O–H groups in total. The Hall–Kier alpha value is -2.52. The molecule has 1 saturated heterocycles. The Labute approximate surface area is 166 Å². The molecule has 2 aromatic rings. The lowest BCUT2D eigenvalue weighted by Gasteiger charge is -2.19. The summed E-state index contributed by atoms with van der Waals surface area (Å²) in [5.74, 6) is -0.269. The van der Waals surface area contributed by atoms with Gasteiger partial charge < -0.3 is 4.74 Å². The molecule has 144 valence electrons. The lowest BCUT2D eigenvalue weighted by Crippen LogP contribution is -2.17. The van der Waals surface area contributed by atoms with E-state index in [2.05, 4.69) is 24.3 Å². The summed E-state index contributed by atoms with van der Waals surface area (Å²) in [5.41, 5.74) is 5.88. The van der Waals surface area contributed by atoms with Gasteiger partial charge in [0, 0.05) is 19.6 Å². The Kier molecular flexibility index (Phi) is 5.27. The Morgan fingerprint density at radius 1 is 0.929 bits per heavy atom. The summed E-state index contributed by atoms with van der Waals surface area (Å²) in [5, 5.41) is 0. The number of rotatable bonds is 3. The number of benzene rings is 2. The minimum Gasteiger partial charge on any atom is -0.381 e. The van der Waals surface area contributed by atoms with Crippen LogP contribution in [0.25, 0.3) is 11.1 Å². The number of carbonyl (C=O) groups excluding carboxylic acids is 2. The summed E-state index contributed by atoms with van der Waals surface area (Å²) >= 11 is 0. The molecule has 3 heteroatoms. The van der Waals surface area contributed by atoms with E-state index in [1.165, 1.54) is 0 Å². The van der Waals surface area contributed by atoms with Crippen molar-refractivity contribution in [3.8, 4) is 11.1 Å². The molecule has 0 aromatic heterocycles. The van der Waals surface area contributed by atoms with Crippen molar-refractivity contribution in [3.05, 3.63) is 70.8 Å². The molecular weight excluding hydrogens is 348 g/mol. The summed E-state index contributed by atoms with van der Waals surface area (Å²) in [7, 11) is 0. The number of carbonyl (C=O) groups is 2. The molecule has 1 atom stereocenters. The van der Waals surface area contributed by atoms with Crippen LogP contribution in [0.3, 0.4) is 0 Å². The summed E-state index contributed by atoms with van der Waals surface area (Å²) in [6.07, 6.45) is 4.17. The minimum absolute atomic E-state index is 0.00449. The van der Waals surface area contributed by atoms with Crippen molar-refractivity contribution in [1.82, 2.24) is 0 Å². The molecule has 1 unspecified atom stereocenters. The second-order valence-corrected chi connectivity index (χ2v) is 7.97. The maximum Gasteiger partial charge on any atom is 0.173 e. The summed E-state index contributed by atoms with van der Waals surface area (Å²) in [6, 6.07) is 14.4. The molecular formula is C25H26O3. The van der Waals surface area contributed by atoms with Gasteiger partial charge in [0.05, 0.1) is 0 Å². The van der Waals surface area contributed by atoms with E-state index in [4.69, 9.17) is 4.74 Å². The number of aryl methyl sites for hydroxylation is 2. The van der Waals surface area contributed by atoms with E-state index >= 15 is 0 Å². The summed E-state index contributed by atoms with van der Waals surface area (Å²) in [6.45, 7) is 5.49. The molecule has 1 aliphatic carbocycles. The Balaban J connectivity index is 1.66. The predicted molar refractivity (Wildman–Crippen MR) is 110 cm³/mol. The SMILES string of the molecule is Cc1cc(-c2ccccc2)cc(C)c1C1C(=O)CC(=CC2CCOCC2)C1=O. The molecule has 28 heavy (non-hydrogen) atoms. The number of hydrogen-bond acceptors (Lipinski definition) is 3. The molecule has 1 heterocycles. The van der Waals surface area contributed by atoms with Crippen LogP contribution in [-0.4, -0.2) is 24.8 Å². The van der Waals surface area contributed by atoms with Crippen molar-refractivity contribution >= 4 is 11.6 Å². The Morgan fingerprint density at radius 3 is 2.21 bits per heavy atom. The van der Waals surface area contributed by atoms with Gasteiger partial charge in [0.2, 0.25) is 0 Å². The average Bonchev–Trinajstić information content (AvgIpc) is 2.96. The summed E-state index contributed by atoms with van der Waals surface area (Å²) < 4.78 is 5.40. The smallest absolute Gasteiger partial charge is 0.173 e. The van der Waals surface area contributed by atoms with E-state index in [-0.39, 0.29) is 18.0 Å². The van der Waals surface area contributed by atoms with Crippen LogP contribution in [0.4, 0.5) is 0 Å². The van der Waals surface area contributed by atoms with Crippen molar-refractivity contribution in [2.45, 2.75) is 39.0 Å². The molecule has 1 saturated carbocycles. The zero-order chi connectivity index (χ0) is 19.7. The second-order valence-electron chi connectivity index (χ2n) is 7.97. The van der Waals surface area contributed by atoms with Crippen LogP contribution in [0.15, 0.2) is 54.1 Å². The molecule has 1 aliphatic heterocycles. The Morgan fingerprint density at radius 2 is 1.57 bits per heavy atom. The van der Waals surface area contributed by atoms with Crippen LogP contribution < -0.4 is 0 Å². The lowest BCUT2D eigenvalue weighted by molar-refractivity contribution is -0.123. The van der Waals surface area contributed by atoms with Crippen LogP contribution in [0.2, 0.25) is 0 Å². The van der Waals surface area contributed by atoms with Gasteiger partial charge in [0.1, 0.15) is 5.92 Å². The second kappa shape index (κ2) is 7.84. The minimum atomic E-state index is -0.643. The highest BCUT2D eigenvalue weighted by Gasteiger charge is 2.40. The van der Waals surface area contributed by atoms with Gasteiger partial charge in [0.15, 0.2) is 11.6 Å². The van der Waals surface area contributed by atoms with Gasteiger partial charge in [-0.1, -0.05) is 48.5 Å². The van der Waals surface area contributed by atoms with Gasteiger partial charge >= 0.3 is 0 Å². The van der Waals surface area contributed by atoms with Gasteiger partial charge in [-0.05, 0) is 66.0 Å². The van der Waals surface area contributed by atoms with Gasteiger partial charge in [0.25, 0.3) is 0 Å². The molecule has 4 rings (SSSR count). The number of allylic oxidation sites excluding steroid dienone is 2. The number of hydrogen-bond donors (Lipinski definition) is 0. The topological polar surface area (TPSA) is 43.4 Å². The highest BCUT2D eigenvalue weighted by molar-refractivity contribution is 6.23. The highest BCUT2D eigenvalue weighted by atomic mass is 16.5. The van der Waals surface area contributed by atoms with Crippen LogP contribution in [-0.2, 0) is 14.3 Å². The van der Waals surface area contributed by atoms with E-state index < -0.39 is 5.92 Å². The zero-order valence-electron chi connectivity index (χ0n) is 16.5. The van der Waals surface area contributed by atoms with Gasteiger partial charge in [-0.25, -0.2) is 0 Å². The first-order valence-corrected chi connectivity index (χ1v) is 10.1. The number of Topliss-reactive ketones (excluding diaryl/α,β-unsaturated/α-hetero) is 2. The molecule has 0 spiro atoms. The van der Waals surface area contributed by atoms with Crippen molar-refractivity contribution < 1.29 is 14.3 Å². The molecule has 0 radical (unpaired) electrons. The monoisotopic (exact) mass is 374 g/mol. The normalized spacial score (nSPS) is 22.2. The van der Waals surface area contributed by atoms with Crippen molar-refractivity contribution in [3.63, 3.8) is 0 Å². The number of ether oxygens (including phenoxy) is 1. The first kappa shape index (κ1) is 18.8. The van der Waals surface area contributed by atoms with E-state index in [1.807, 2.05) is 38.1 Å². The lowest BCUT2D eigenvalue weighted by atomic mass is 9.85. The molecule has 2 fully saturated rings. The fourth-order valence-electron chi connectivity index (χ4n) is 4.54. The van der Waals surface area contributed by atoms with Crippen molar-refractivity contribution in [1.29, 1.82) is 0 Å². The predicted octanol–water partition coefficient (Wildman–Crippen LogP) is 4.95. The van der Waals surface area contributed by atoms with Crippen LogP contribution in [0, 0.1) is 19.8 Å². The fourth-order valence-corrected chi connectivity index (χ4v) is 4.54. The standard InChI is InChI=1S/C25H26O3/c1-16-12-20(19-6-4-3-5-7-19)13-17(2)23(16)24-22(26)15-21(25(24)27)14-18-8-10-28-11-9-18/h3-7,12-14,18,24H,8-11,15H2,1-2H3. The molecule has 3 nitrogen and oxygen atoms in total. The maximum atomic E-state index is 13.1. The van der Waals surface area contributed by atoms with Crippen molar-refractivity contribution in [2.75, 3.05) is 13.2 Å². The third-order valence-electron chi connectivity index (χ3n) is 5.96. The Bertz CT molecular complexity index is 911. The first-order valence-electron chi connectivity index (χ1n) is 10.1.